The van der Waals surface area contributed by atoms with Gasteiger partial charge in [-0.15, -0.1) is 10.2 Å². The number of hydrogen-bond donors (Lipinski definition) is 1. The molecule has 1 aromatic carbocycles. The van der Waals surface area contributed by atoms with E-state index >= 15 is 0 Å². The molecule has 224 valence electrons. The highest BCUT2D eigenvalue weighted by Gasteiger charge is 2.49. The largest absolute Gasteiger partial charge is 0.390 e. The topological polar surface area (TPSA) is 96.3 Å². The van der Waals surface area contributed by atoms with E-state index in [1.165, 1.54) is 6.07 Å². The van der Waals surface area contributed by atoms with Gasteiger partial charge in [0.05, 0.1) is 5.60 Å². The summed E-state index contributed by atoms with van der Waals surface area (Å²) in [7, 11) is 0. The predicted molar refractivity (Wildman–Crippen MR) is 157 cm³/mol. The molecule has 0 bridgehead atoms. The van der Waals surface area contributed by atoms with Gasteiger partial charge in [-0.2, -0.15) is 0 Å². The maximum Gasteiger partial charge on any atom is 0.194 e. The lowest BCUT2D eigenvalue weighted by molar-refractivity contribution is -0.128. The van der Waals surface area contributed by atoms with Crippen molar-refractivity contribution in [1.29, 1.82) is 0 Å². The maximum absolute atomic E-state index is 14.3. The zero-order chi connectivity index (χ0) is 30.3. The molecule has 7 nitrogen and oxygen atoms in total. The average molecular weight is 597 g/mol. The van der Waals surface area contributed by atoms with Crippen molar-refractivity contribution < 1.29 is 23.5 Å². The molecule has 5 rings (SSSR count). The summed E-state index contributed by atoms with van der Waals surface area (Å²) in [6, 6.07) is 9.34. The fourth-order valence-electron chi connectivity index (χ4n) is 6.46. The minimum Gasteiger partial charge on any atom is -0.390 e. The number of aliphatic hydroxyl groups is 1. The van der Waals surface area contributed by atoms with E-state index in [0.717, 1.165) is 60.5 Å². The van der Waals surface area contributed by atoms with Gasteiger partial charge < -0.3 is 5.11 Å². The summed E-state index contributed by atoms with van der Waals surface area (Å²) in [4.78, 5) is 34.1. The van der Waals surface area contributed by atoms with Gasteiger partial charge in [-0.1, -0.05) is 31.3 Å². The van der Waals surface area contributed by atoms with Crippen molar-refractivity contribution >= 4 is 22.9 Å². The van der Waals surface area contributed by atoms with E-state index in [0.29, 0.717) is 25.6 Å². The molecule has 1 saturated carbocycles. The monoisotopic (exact) mass is 596 g/mol. The molecule has 0 spiro atoms. The molecule has 3 aromatic rings. The van der Waals surface area contributed by atoms with Crippen molar-refractivity contribution in [2.24, 2.45) is 5.41 Å². The number of carbonyl (C=O) groups excluding carboxylic acids is 2. The van der Waals surface area contributed by atoms with Gasteiger partial charge in [-0.3, -0.25) is 19.5 Å². The molecule has 2 fully saturated rings. The minimum atomic E-state index is -0.765. The Morgan fingerprint density at radius 2 is 1.81 bits per heavy atom. The van der Waals surface area contributed by atoms with Crippen LogP contribution in [0.4, 0.5) is 8.78 Å². The Morgan fingerprint density at radius 3 is 2.48 bits per heavy atom. The number of aromatic nitrogens is 3. The van der Waals surface area contributed by atoms with Crippen LogP contribution in [0.5, 0.6) is 0 Å². The lowest BCUT2D eigenvalue weighted by atomic mass is 9.68. The zero-order valence-corrected chi connectivity index (χ0v) is 25.4. The van der Waals surface area contributed by atoms with Gasteiger partial charge in [0, 0.05) is 72.2 Å². The van der Waals surface area contributed by atoms with E-state index in [1.807, 2.05) is 45.9 Å². The van der Waals surface area contributed by atoms with Gasteiger partial charge in [-0.25, -0.2) is 8.78 Å². The van der Waals surface area contributed by atoms with Crippen LogP contribution in [0.3, 0.4) is 0 Å². The Balaban J connectivity index is 1.31. The Morgan fingerprint density at radius 1 is 1.10 bits per heavy atom. The van der Waals surface area contributed by atoms with E-state index < -0.39 is 28.1 Å². The summed E-state index contributed by atoms with van der Waals surface area (Å²) in [5.41, 5.74) is 0.206. The summed E-state index contributed by atoms with van der Waals surface area (Å²) in [5, 5.41) is 18.8. The number of pyridine rings is 1. The van der Waals surface area contributed by atoms with Crippen molar-refractivity contribution in [3.63, 3.8) is 0 Å². The molecular weight excluding hydrogens is 558 g/mol. The van der Waals surface area contributed by atoms with E-state index in [4.69, 9.17) is 0 Å². The quantitative estimate of drug-likeness (QED) is 0.283. The van der Waals surface area contributed by atoms with Gasteiger partial charge in [0.2, 0.25) is 0 Å². The van der Waals surface area contributed by atoms with Gasteiger partial charge in [0.15, 0.2) is 15.8 Å². The highest BCUT2D eigenvalue weighted by Crippen LogP contribution is 2.44. The zero-order valence-electron chi connectivity index (χ0n) is 24.6. The number of nitrogens with zero attached hydrogens (tertiary/aromatic N) is 4. The molecule has 3 heterocycles. The Bertz CT molecular complexity index is 1470. The molecule has 0 unspecified atom stereocenters. The van der Waals surface area contributed by atoms with Crippen LogP contribution < -0.4 is 0 Å². The Kier molecular flexibility index (Phi) is 8.44. The maximum atomic E-state index is 14.3. The second-order valence-corrected chi connectivity index (χ2v) is 14.2. The molecule has 2 aliphatic rings. The molecule has 0 radical (unpaired) electrons. The first-order valence-electron chi connectivity index (χ1n) is 14.5. The number of ketones is 2. The number of carbonyl (C=O) groups is 2. The van der Waals surface area contributed by atoms with Crippen LogP contribution in [0.2, 0.25) is 0 Å². The van der Waals surface area contributed by atoms with Crippen LogP contribution in [-0.4, -0.2) is 61.5 Å². The van der Waals surface area contributed by atoms with Crippen molar-refractivity contribution in [3.05, 3.63) is 64.4 Å². The normalized spacial score (nSPS) is 22.5. The van der Waals surface area contributed by atoms with Crippen molar-refractivity contribution in [2.45, 2.75) is 89.7 Å². The van der Waals surface area contributed by atoms with Gasteiger partial charge >= 0.3 is 0 Å². The lowest BCUT2D eigenvalue weighted by Gasteiger charge is -2.54. The number of halogens is 2. The molecular formula is C32H38F2N4O3S. The van der Waals surface area contributed by atoms with Crippen molar-refractivity contribution in [1.82, 2.24) is 20.1 Å². The lowest BCUT2D eigenvalue weighted by Crippen LogP contribution is -2.62. The second-order valence-electron chi connectivity index (χ2n) is 13.2. The van der Waals surface area contributed by atoms with Crippen molar-refractivity contribution in [2.75, 3.05) is 13.1 Å². The highest BCUT2D eigenvalue weighted by atomic mass is 32.1. The first kappa shape index (κ1) is 30.5. The smallest absolute Gasteiger partial charge is 0.194 e. The molecule has 1 N–H and O–H groups in total. The molecule has 1 aliphatic carbocycles. The molecule has 10 heteroatoms. The summed E-state index contributed by atoms with van der Waals surface area (Å²) in [6.07, 6.45) is 3.89. The standard InChI is InChI=1S/C32H38F2N4O3S/c1-20-6-5-7-27(35-20)30(2,3)15-23(39)16-32(18-38(19-32)22-10-12-31(4,41)13-11-22)17-26(40)29-37-36-28(42-29)24-9-8-21(33)14-25(24)34/h5-9,14,22,41H,10-13,15-19H2,1-4H3. The van der Waals surface area contributed by atoms with E-state index in [2.05, 4.69) is 20.1 Å². The number of hydrogen-bond acceptors (Lipinski definition) is 8. The van der Waals surface area contributed by atoms with E-state index in [1.54, 1.807) is 0 Å². The average Bonchev–Trinajstić information content (AvgIpc) is 3.37. The van der Waals surface area contributed by atoms with Crippen LogP contribution in [0.15, 0.2) is 36.4 Å². The third-order valence-corrected chi connectivity index (χ3v) is 9.78. The molecule has 0 amide bonds. The fraction of sp³-hybridized carbons (Fsp3) is 0.531. The van der Waals surface area contributed by atoms with Crippen LogP contribution in [0.25, 0.3) is 10.6 Å². The molecule has 42 heavy (non-hydrogen) atoms. The summed E-state index contributed by atoms with van der Waals surface area (Å²) in [5.74, 6) is -1.62. The van der Waals surface area contributed by atoms with Gasteiger partial charge in [0.1, 0.15) is 17.4 Å². The first-order valence-corrected chi connectivity index (χ1v) is 15.3. The Hall–Kier alpha value is -2.95. The number of likely N-dealkylation sites (tertiary alicyclic amines) is 1. The van der Waals surface area contributed by atoms with Gasteiger partial charge in [-0.05, 0) is 63.8 Å². The van der Waals surface area contributed by atoms with Crippen LogP contribution >= 0.6 is 11.3 Å². The first-order chi connectivity index (χ1) is 19.7. The van der Waals surface area contributed by atoms with Crippen LogP contribution in [-0.2, 0) is 10.2 Å². The summed E-state index contributed by atoms with van der Waals surface area (Å²) < 4.78 is 27.7. The summed E-state index contributed by atoms with van der Waals surface area (Å²) >= 11 is 0.977. The third kappa shape index (κ3) is 6.82. The number of benzene rings is 1. The Labute approximate surface area is 249 Å². The fourth-order valence-corrected chi connectivity index (χ4v) is 7.27. The van der Waals surface area contributed by atoms with Crippen LogP contribution in [0, 0.1) is 24.0 Å². The molecule has 1 aliphatic heterocycles. The predicted octanol–water partition coefficient (Wildman–Crippen LogP) is 6.08. The number of aryl methyl sites for hydroxylation is 1. The molecule has 1 saturated heterocycles. The number of rotatable bonds is 10. The van der Waals surface area contributed by atoms with E-state index in [9.17, 15) is 23.5 Å². The SMILES string of the molecule is Cc1cccc(C(C)(C)CC(=O)CC2(CC(=O)c3nnc(-c4ccc(F)cc4F)s3)CN(C3CCC(C)(O)CC3)C2)n1. The number of Topliss-reactive ketones (excluding diaryl/α,β-unsaturated/α-hetero) is 2. The van der Waals surface area contributed by atoms with E-state index in [-0.39, 0.29) is 40.0 Å². The van der Waals surface area contributed by atoms with Gasteiger partial charge in [0.25, 0.3) is 0 Å². The molecule has 2 aromatic heterocycles. The second kappa shape index (κ2) is 11.6. The third-order valence-electron chi connectivity index (χ3n) is 8.78. The highest BCUT2D eigenvalue weighted by molar-refractivity contribution is 7.16. The minimum absolute atomic E-state index is 0.0775. The summed E-state index contributed by atoms with van der Waals surface area (Å²) in [6.45, 7) is 9.06. The van der Waals surface area contributed by atoms with Crippen molar-refractivity contribution in [3.8, 4) is 10.6 Å². The van der Waals surface area contributed by atoms with Crippen LogP contribution in [0.1, 0.15) is 86.9 Å². The molecule has 0 atom stereocenters.